The molecule has 1 saturated carbocycles. The highest BCUT2D eigenvalue weighted by molar-refractivity contribution is 5.84. The van der Waals surface area contributed by atoms with Gasteiger partial charge in [-0.15, -0.1) is 0 Å². The molecule has 0 bridgehead atoms. The lowest BCUT2D eigenvalue weighted by Gasteiger charge is -2.40. The zero-order chi connectivity index (χ0) is 23.0. The molecule has 33 heavy (non-hydrogen) atoms. The van der Waals surface area contributed by atoms with Crippen LogP contribution in [-0.4, -0.2) is 59.7 Å². The Morgan fingerprint density at radius 1 is 1.09 bits per heavy atom. The number of piperidine rings is 1. The van der Waals surface area contributed by atoms with E-state index >= 15 is 0 Å². The molecule has 172 valence electrons. The summed E-state index contributed by atoms with van der Waals surface area (Å²) in [6, 6.07) is 9.48. The van der Waals surface area contributed by atoms with E-state index in [4.69, 9.17) is 0 Å². The number of ketones is 1. The summed E-state index contributed by atoms with van der Waals surface area (Å²) in [5, 5.41) is 15.9. The summed E-state index contributed by atoms with van der Waals surface area (Å²) in [6.45, 7) is 0.998. The number of rotatable bonds is 4. The fraction of sp³-hybridized carbons (Fsp3) is 0.458. The average molecular weight is 450 g/mol. The van der Waals surface area contributed by atoms with Gasteiger partial charge in [0.1, 0.15) is 17.5 Å². The lowest BCUT2D eigenvalue weighted by atomic mass is 9.85. The minimum atomic E-state index is -1.09. The molecule has 5 rings (SSSR count). The molecular formula is C24H27N5O4. The van der Waals surface area contributed by atoms with Crippen molar-refractivity contribution < 1.29 is 14.7 Å². The van der Waals surface area contributed by atoms with Crippen LogP contribution < -0.4 is 5.56 Å². The fourth-order valence-corrected chi connectivity index (χ4v) is 4.88. The van der Waals surface area contributed by atoms with Crippen molar-refractivity contribution in [3.8, 4) is 5.69 Å². The number of carbonyl (C=O) groups is 2. The van der Waals surface area contributed by atoms with E-state index in [1.54, 1.807) is 9.58 Å². The molecule has 9 heteroatoms. The van der Waals surface area contributed by atoms with Crippen LogP contribution in [0.1, 0.15) is 38.5 Å². The minimum absolute atomic E-state index is 0.0816. The maximum atomic E-state index is 13.1. The third-order valence-electron chi connectivity index (χ3n) is 6.92. The van der Waals surface area contributed by atoms with Gasteiger partial charge < -0.3 is 10.0 Å². The monoisotopic (exact) mass is 449 g/mol. The molecule has 1 aromatic carbocycles. The fourth-order valence-electron chi connectivity index (χ4n) is 4.88. The van der Waals surface area contributed by atoms with E-state index in [1.165, 1.54) is 17.1 Å². The van der Waals surface area contributed by atoms with Crippen molar-refractivity contribution in [2.24, 2.45) is 5.92 Å². The van der Waals surface area contributed by atoms with E-state index in [0.717, 1.165) is 5.69 Å². The smallest absolute Gasteiger partial charge is 0.264 e. The number of nitrogens with zero attached hydrogens (tertiary/aromatic N) is 5. The SMILES string of the molecule is O=C1CCC(C(=O)N2CCC(O)(Cn3cnc4c(cnn4-c4ccccc4)c3=O)CC2)CC1. The van der Waals surface area contributed by atoms with Crippen molar-refractivity contribution in [3.63, 3.8) is 0 Å². The van der Waals surface area contributed by atoms with Crippen molar-refractivity contribution in [1.29, 1.82) is 0 Å². The number of benzene rings is 1. The second-order valence-corrected chi connectivity index (χ2v) is 9.17. The van der Waals surface area contributed by atoms with E-state index in [2.05, 4.69) is 10.1 Å². The Hall–Kier alpha value is -3.33. The van der Waals surface area contributed by atoms with Crippen LogP contribution in [0.4, 0.5) is 0 Å². The van der Waals surface area contributed by atoms with Gasteiger partial charge in [0.05, 0.1) is 24.0 Å². The number of amides is 1. The topological polar surface area (TPSA) is 110 Å². The summed E-state index contributed by atoms with van der Waals surface area (Å²) >= 11 is 0. The molecule has 9 nitrogen and oxygen atoms in total. The molecular weight excluding hydrogens is 422 g/mol. The van der Waals surface area contributed by atoms with E-state index in [0.29, 0.717) is 62.6 Å². The molecule has 2 fully saturated rings. The van der Waals surface area contributed by atoms with Crippen LogP contribution in [0.5, 0.6) is 0 Å². The summed E-state index contributed by atoms with van der Waals surface area (Å²) in [5.41, 5.74) is -0.0505. The van der Waals surface area contributed by atoms with Gasteiger partial charge in [-0.2, -0.15) is 5.10 Å². The lowest BCUT2D eigenvalue weighted by molar-refractivity contribution is -0.142. The van der Waals surface area contributed by atoms with Gasteiger partial charge in [-0.3, -0.25) is 19.0 Å². The van der Waals surface area contributed by atoms with Crippen LogP contribution in [0.3, 0.4) is 0 Å². The number of fused-ring (bicyclic) bond motifs is 1. The molecule has 1 aliphatic heterocycles. The Morgan fingerprint density at radius 3 is 2.48 bits per heavy atom. The normalized spacial score (nSPS) is 19.2. The summed E-state index contributed by atoms with van der Waals surface area (Å²) in [4.78, 5) is 43.6. The number of para-hydroxylation sites is 1. The molecule has 1 aliphatic carbocycles. The number of likely N-dealkylation sites (tertiary alicyclic amines) is 1. The highest BCUT2D eigenvalue weighted by atomic mass is 16.3. The number of hydrogen-bond donors (Lipinski definition) is 1. The van der Waals surface area contributed by atoms with Crippen molar-refractivity contribution in [2.45, 2.75) is 50.7 Å². The van der Waals surface area contributed by atoms with E-state index in [9.17, 15) is 19.5 Å². The average Bonchev–Trinajstić information content (AvgIpc) is 3.27. The number of Topliss-reactive ketones (excluding diaryl/α,β-unsaturated/α-hetero) is 1. The Labute approximate surface area is 190 Å². The first-order chi connectivity index (χ1) is 15.9. The summed E-state index contributed by atoms with van der Waals surface area (Å²) in [6.07, 6.45) is 5.94. The first-order valence-electron chi connectivity index (χ1n) is 11.4. The molecule has 2 aliphatic rings. The molecule has 2 aromatic heterocycles. The standard InChI is InChI=1S/C24H27N5O4/c30-19-8-6-17(7-9-19)22(31)27-12-10-24(33,11-13-27)15-28-16-25-21-20(23(28)32)14-26-29(21)18-4-2-1-3-5-18/h1-5,14,16-17,33H,6-13,15H2. The van der Waals surface area contributed by atoms with Crippen LogP contribution >= 0.6 is 0 Å². The number of aromatic nitrogens is 4. The van der Waals surface area contributed by atoms with Crippen LogP contribution in [0.2, 0.25) is 0 Å². The van der Waals surface area contributed by atoms with Gasteiger partial charge in [0.15, 0.2) is 5.65 Å². The van der Waals surface area contributed by atoms with E-state index < -0.39 is 5.60 Å². The van der Waals surface area contributed by atoms with Gasteiger partial charge in [0.2, 0.25) is 5.91 Å². The first-order valence-corrected chi connectivity index (χ1v) is 11.4. The molecule has 0 atom stereocenters. The molecule has 0 radical (unpaired) electrons. The first kappa shape index (κ1) is 21.5. The quantitative estimate of drug-likeness (QED) is 0.649. The predicted octanol–water partition coefficient (Wildman–Crippen LogP) is 1.69. The Bertz CT molecular complexity index is 1230. The minimum Gasteiger partial charge on any atom is -0.388 e. The van der Waals surface area contributed by atoms with Crippen LogP contribution in [0.25, 0.3) is 16.7 Å². The van der Waals surface area contributed by atoms with Gasteiger partial charge in [-0.05, 0) is 37.8 Å². The zero-order valence-corrected chi connectivity index (χ0v) is 18.4. The third-order valence-corrected chi connectivity index (χ3v) is 6.92. The molecule has 3 aromatic rings. The van der Waals surface area contributed by atoms with Crippen molar-refractivity contribution >= 4 is 22.7 Å². The number of hydrogen-bond acceptors (Lipinski definition) is 6. The summed E-state index contributed by atoms with van der Waals surface area (Å²) in [7, 11) is 0. The molecule has 1 saturated heterocycles. The van der Waals surface area contributed by atoms with Gasteiger partial charge in [-0.25, -0.2) is 9.67 Å². The van der Waals surface area contributed by atoms with Gasteiger partial charge in [0.25, 0.3) is 5.56 Å². The van der Waals surface area contributed by atoms with Crippen LogP contribution in [0.15, 0.2) is 47.7 Å². The van der Waals surface area contributed by atoms with Gasteiger partial charge >= 0.3 is 0 Å². The molecule has 0 unspecified atom stereocenters. The molecule has 1 N–H and O–H groups in total. The molecule has 0 spiro atoms. The van der Waals surface area contributed by atoms with Crippen molar-refractivity contribution in [2.75, 3.05) is 13.1 Å². The number of aliphatic hydroxyl groups is 1. The number of carbonyl (C=O) groups excluding carboxylic acids is 2. The Kier molecular flexibility index (Phi) is 5.57. The summed E-state index contributed by atoms with van der Waals surface area (Å²) in [5.74, 6) is 0.222. The van der Waals surface area contributed by atoms with Crippen LogP contribution in [0, 0.1) is 5.92 Å². The van der Waals surface area contributed by atoms with E-state index in [-0.39, 0.29) is 29.7 Å². The predicted molar refractivity (Wildman–Crippen MR) is 121 cm³/mol. The van der Waals surface area contributed by atoms with Crippen molar-refractivity contribution in [3.05, 3.63) is 53.2 Å². The van der Waals surface area contributed by atoms with Gasteiger partial charge in [0, 0.05) is 31.8 Å². The summed E-state index contributed by atoms with van der Waals surface area (Å²) < 4.78 is 3.06. The largest absolute Gasteiger partial charge is 0.388 e. The third kappa shape index (κ3) is 4.20. The van der Waals surface area contributed by atoms with Gasteiger partial charge in [-0.1, -0.05) is 18.2 Å². The lowest BCUT2D eigenvalue weighted by Crippen LogP contribution is -2.51. The molecule has 3 heterocycles. The second-order valence-electron chi connectivity index (χ2n) is 9.17. The maximum absolute atomic E-state index is 13.1. The van der Waals surface area contributed by atoms with E-state index in [1.807, 2.05) is 30.3 Å². The van der Waals surface area contributed by atoms with Crippen LogP contribution in [-0.2, 0) is 16.1 Å². The second kappa shape index (κ2) is 8.55. The van der Waals surface area contributed by atoms with Crippen molar-refractivity contribution in [1.82, 2.24) is 24.2 Å². The zero-order valence-electron chi connectivity index (χ0n) is 18.4. The highest BCUT2D eigenvalue weighted by Gasteiger charge is 2.37. The maximum Gasteiger partial charge on any atom is 0.264 e. The molecule has 1 amide bonds. The highest BCUT2D eigenvalue weighted by Crippen LogP contribution is 2.28. The Balaban J connectivity index is 1.28. The Morgan fingerprint density at radius 2 is 1.79 bits per heavy atom.